The van der Waals surface area contributed by atoms with Crippen molar-refractivity contribution in [2.24, 2.45) is 40.4 Å². The molecule has 1 aromatic heterocycles. The number of ether oxygens (including phenoxy) is 2. The molecule has 34 heavy (non-hydrogen) atoms. The van der Waals surface area contributed by atoms with Crippen LogP contribution in [-0.4, -0.2) is 47.1 Å². The minimum atomic E-state index is -0.545. The number of carbonyl (C=O) groups excluding carboxylic acids is 1. The number of Topliss-reactive ketones (excluding diaryl/α,β-unsaturated/α-hetero) is 1. The lowest BCUT2D eigenvalue weighted by molar-refractivity contribution is -0.157. The van der Waals surface area contributed by atoms with Gasteiger partial charge in [0.1, 0.15) is 0 Å². The number of hydrogen-bond donors (Lipinski definition) is 1. The van der Waals surface area contributed by atoms with Gasteiger partial charge >= 0.3 is 0 Å². The van der Waals surface area contributed by atoms with E-state index >= 15 is 0 Å². The van der Waals surface area contributed by atoms with Crippen molar-refractivity contribution in [3.8, 4) is 5.75 Å². The number of aliphatic hydroxyl groups is 1. The fourth-order valence-corrected chi connectivity index (χ4v) is 9.18. The van der Waals surface area contributed by atoms with Gasteiger partial charge in [-0.3, -0.25) is 9.48 Å². The van der Waals surface area contributed by atoms with E-state index in [1.807, 2.05) is 6.20 Å². The number of carbonyl (C=O) groups is 1. The lowest BCUT2D eigenvalue weighted by Crippen LogP contribution is -2.56. The molecule has 4 saturated carbocycles. The number of nitrogens with zero attached hydrogens (tertiary/aromatic N) is 2. The second-order valence-electron chi connectivity index (χ2n) is 12.5. The Labute approximate surface area is 204 Å². The minimum absolute atomic E-state index is 0.118. The Bertz CT molecular complexity index is 901. The molecule has 0 saturated heterocycles. The largest absolute Gasteiger partial charge is 0.493 e. The van der Waals surface area contributed by atoms with Gasteiger partial charge in [0.25, 0.3) is 0 Å². The molecule has 0 radical (unpaired) electrons. The summed E-state index contributed by atoms with van der Waals surface area (Å²) in [6.07, 6.45) is 14.3. The second-order valence-corrected chi connectivity index (χ2v) is 12.5. The maximum Gasteiger partial charge on any atom is 0.157 e. The zero-order chi connectivity index (χ0) is 24.1. The molecule has 1 N–H and O–H groups in total. The molecule has 0 amide bonds. The van der Waals surface area contributed by atoms with Crippen molar-refractivity contribution in [1.82, 2.24) is 9.78 Å². The third-order valence-corrected chi connectivity index (χ3v) is 11.1. The Morgan fingerprint density at radius 3 is 2.62 bits per heavy atom. The fourth-order valence-electron chi connectivity index (χ4n) is 9.18. The molecule has 4 aliphatic rings. The Kier molecular flexibility index (Phi) is 6.37. The van der Waals surface area contributed by atoms with Gasteiger partial charge in [0.15, 0.2) is 11.5 Å². The Morgan fingerprint density at radius 2 is 1.88 bits per heavy atom. The van der Waals surface area contributed by atoms with Crippen LogP contribution in [0.2, 0.25) is 0 Å². The SMILES string of the molecule is COCC[C@@]1(O)CC[C@@]2(C)[C@@H](CC[C@@H]3[C@@H]2CC[C@]2(C)[C@@H](C(=O)Cn4cc(OC)cn4)CC[C@@H]32)C1. The topological polar surface area (TPSA) is 73.6 Å². The van der Waals surface area contributed by atoms with Crippen molar-refractivity contribution in [3.05, 3.63) is 12.4 Å². The minimum Gasteiger partial charge on any atom is -0.493 e. The number of methoxy groups -OCH3 is 2. The summed E-state index contributed by atoms with van der Waals surface area (Å²) in [5.41, 5.74) is -0.0972. The molecular weight excluding hydrogens is 428 g/mol. The number of hydrogen-bond acceptors (Lipinski definition) is 5. The summed E-state index contributed by atoms with van der Waals surface area (Å²) in [5, 5.41) is 15.6. The van der Waals surface area contributed by atoms with Crippen LogP contribution in [0.4, 0.5) is 0 Å². The van der Waals surface area contributed by atoms with Crippen molar-refractivity contribution >= 4 is 5.78 Å². The molecule has 4 fully saturated rings. The molecule has 4 aliphatic carbocycles. The molecule has 0 aliphatic heterocycles. The van der Waals surface area contributed by atoms with Crippen LogP contribution in [0.25, 0.3) is 0 Å². The van der Waals surface area contributed by atoms with Crippen molar-refractivity contribution in [2.75, 3.05) is 20.8 Å². The molecule has 5 rings (SSSR count). The first-order valence-electron chi connectivity index (χ1n) is 13.5. The summed E-state index contributed by atoms with van der Waals surface area (Å²) in [7, 11) is 3.36. The lowest BCUT2D eigenvalue weighted by Gasteiger charge is -2.62. The number of ketones is 1. The van der Waals surface area contributed by atoms with Crippen LogP contribution in [0.1, 0.15) is 78.1 Å². The molecule has 0 aromatic carbocycles. The maximum atomic E-state index is 13.4. The van der Waals surface area contributed by atoms with Gasteiger partial charge in [-0.1, -0.05) is 13.8 Å². The Morgan fingerprint density at radius 1 is 1.09 bits per heavy atom. The number of rotatable bonds is 7. The van der Waals surface area contributed by atoms with E-state index in [1.54, 1.807) is 25.1 Å². The highest BCUT2D eigenvalue weighted by Gasteiger charge is 2.62. The van der Waals surface area contributed by atoms with E-state index < -0.39 is 5.60 Å². The average molecular weight is 473 g/mol. The second kappa shape index (κ2) is 8.92. The van der Waals surface area contributed by atoms with E-state index in [0.29, 0.717) is 41.9 Å². The molecule has 0 bridgehead atoms. The van der Waals surface area contributed by atoms with Gasteiger partial charge in [-0.2, -0.15) is 5.10 Å². The van der Waals surface area contributed by atoms with E-state index in [2.05, 4.69) is 18.9 Å². The van der Waals surface area contributed by atoms with Crippen molar-refractivity contribution in [3.63, 3.8) is 0 Å². The van der Waals surface area contributed by atoms with Gasteiger partial charge in [0, 0.05) is 19.6 Å². The van der Waals surface area contributed by atoms with E-state index in [0.717, 1.165) is 50.4 Å². The molecule has 6 heteroatoms. The Hall–Kier alpha value is -1.40. The normalized spacial score (nSPS) is 43.6. The van der Waals surface area contributed by atoms with Gasteiger partial charge in [0.2, 0.25) is 0 Å². The first kappa shape index (κ1) is 24.3. The summed E-state index contributed by atoms with van der Waals surface area (Å²) in [5.74, 6) is 3.92. The molecule has 8 atom stereocenters. The molecule has 0 spiro atoms. The monoisotopic (exact) mass is 472 g/mol. The third-order valence-electron chi connectivity index (χ3n) is 11.1. The first-order chi connectivity index (χ1) is 16.2. The Balaban J connectivity index is 1.29. The van der Waals surface area contributed by atoms with Crippen LogP contribution in [0.3, 0.4) is 0 Å². The lowest BCUT2D eigenvalue weighted by atomic mass is 9.43. The molecule has 1 heterocycles. The first-order valence-corrected chi connectivity index (χ1v) is 13.5. The van der Waals surface area contributed by atoms with E-state index in [1.165, 1.54) is 25.7 Å². The zero-order valence-corrected chi connectivity index (χ0v) is 21.6. The van der Waals surface area contributed by atoms with E-state index in [9.17, 15) is 9.90 Å². The van der Waals surface area contributed by atoms with Crippen LogP contribution in [0.15, 0.2) is 12.4 Å². The standard InChI is InChI=1S/C28H44N2O4/c1-26-11-12-28(32,13-14-33-3)15-19(26)5-6-21-22-7-8-24(27(22,2)10-9-23(21)26)25(31)18-30-17-20(34-4)16-29-30/h16-17,19,21-24,32H,5-15,18H2,1-4H3/t19-,21-,22-,23-,24+,26-,27-,28-/m0/s1. The smallest absolute Gasteiger partial charge is 0.157 e. The van der Waals surface area contributed by atoms with Crippen LogP contribution < -0.4 is 4.74 Å². The molecule has 190 valence electrons. The quantitative estimate of drug-likeness (QED) is 0.612. The van der Waals surface area contributed by atoms with Gasteiger partial charge in [-0.25, -0.2) is 0 Å². The van der Waals surface area contributed by atoms with Crippen molar-refractivity contribution in [1.29, 1.82) is 0 Å². The van der Waals surface area contributed by atoms with E-state index in [4.69, 9.17) is 9.47 Å². The van der Waals surface area contributed by atoms with Gasteiger partial charge < -0.3 is 14.6 Å². The van der Waals surface area contributed by atoms with Crippen molar-refractivity contribution < 1.29 is 19.4 Å². The van der Waals surface area contributed by atoms with Gasteiger partial charge in [-0.05, 0) is 98.7 Å². The van der Waals surface area contributed by atoms with Gasteiger partial charge in [-0.15, -0.1) is 0 Å². The van der Waals surface area contributed by atoms with Crippen LogP contribution >= 0.6 is 0 Å². The van der Waals surface area contributed by atoms with Crippen LogP contribution in [0.5, 0.6) is 5.75 Å². The highest BCUT2D eigenvalue weighted by atomic mass is 16.5. The van der Waals surface area contributed by atoms with Crippen LogP contribution in [-0.2, 0) is 16.1 Å². The third kappa shape index (κ3) is 3.93. The van der Waals surface area contributed by atoms with E-state index in [-0.39, 0.29) is 11.3 Å². The summed E-state index contributed by atoms with van der Waals surface area (Å²) in [4.78, 5) is 13.4. The predicted molar refractivity (Wildman–Crippen MR) is 130 cm³/mol. The number of fused-ring (bicyclic) bond motifs is 5. The molecule has 0 unspecified atom stereocenters. The van der Waals surface area contributed by atoms with Gasteiger partial charge in [0.05, 0.1) is 31.6 Å². The summed E-state index contributed by atoms with van der Waals surface area (Å²) < 4.78 is 12.3. The molecular formula is C28H44N2O4. The highest BCUT2D eigenvalue weighted by Crippen LogP contribution is 2.68. The summed E-state index contributed by atoms with van der Waals surface area (Å²) in [6, 6.07) is 0. The summed E-state index contributed by atoms with van der Waals surface area (Å²) >= 11 is 0. The fraction of sp³-hybridized carbons (Fsp3) is 0.857. The molecule has 6 nitrogen and oxygen atoms in total. The zero-order valence-electron chi connectivity index (χ0n) is 21.6. The predicted octanol–water partition coefficient (Wildman–Crippen LogP) is 4.89. The summed E-state index contributed by atoms with van der Waals surface area (Å²) in [6.45, 7) is 5.96. The van der Waals surface area contributed by atoms with Crippen molar-refractivity contribution in [2.45, 2.75) is 90.2 Å². The maximum absolute atomic E-state index is 13.4. The average Bonchev–Trinajstić information content (AvgIpc) is 3.42. The van der Waals surface area contributed by atoms with Crippen LogP contribution in [0, 0.1) is 40.4 Å². The highest BCUT2D eigenvalue weighted by molar-refractivity contribution is 5.82. The molecule has 1 aromatic rings. The number of aromatic nitrogens is 2.